The standard InChI is InChI=1S/C11H23NO2/c1-9-6-11(7-10(2)14-9)8-12-4-5-13-3/h9-12H,4-8H2,1-3H3. The third kappa shape index (κ3) is 4.40. The zero-order chi connectivity index (χ0) is 10.4. The lowest BCUT2D eigenvalue weighted by Crippen LogP contribution is -2.35. The first kappa shape index (κ1) is 12.0. The number of hydrogen-bond donors (Lipinski definition) is 1. The molecule has 14 heavy (non-hydrogen) atoms. The Morgan fingerprint density at radius 3 is 2.50 bits per heavy atom. The van der Waals surface area contributed by atoms with Gasteiger partial charge in [0, 0.05) is 13.7 Å². The van der Waals surface area contributed by atoms with E-state index in [4.69, 9.17) is 9.47 Å². The molecule has 2 atom stereocenters. The van der Waals surface area contributed by atoms with Crippen LogP contribution in [0.1, 0.15) is 26.7 Å². The van der Waals surface area contributed by atoms with Gasteiger partial charge in [0.1, 0.15) is 0 Å². The van der Waals surface area contributed by atoms with E-state index in [2.05, 4.69) is 19.2 Å². The molecule has 0 aliphatic carbocycles. The summed E-state index contributed by atoms with van der Waals surface area (Å²) in [4.78, 5) is 0. The molecular weight excluding hydrogens is 178 g/mol. The van der Waals surface area contributed by atoms with Crippen LogP contribution in [0.5, 0.6) is 0 Å². The summed E-state index contributed by atoms with van der Waals surface area (Å²) in [5.41, 5.74) is 0. The van der Waals surface area contributed by atoms with Gasteiger partial charge in [0.25, 0.3) is 0 Å². The van der Waals surface area contributed by atoms with Crippen molar-refractivity contribution in [2.75, 3.05) is 26.8 Å². The summed E-state index contributed by atoms with van der Waals surface area (Å²) < 4.78 is 10.7. The molecule has 0 spiro atoms. The highest BCUT2D eigenvalue weighted by Crippen LogP contribution is 2.23. The van der Waals surface area contributed by atoms with Gasteiger partial charge in [-0.25, -0.2) is 0 Å². The predicted molar refractivity (Wildman–Crippen MR) is 57.5 cm³/mol. The Balaban J connectivity index is 2.10. The fourth-order valence-electron chi connectivity index (χ4n) is 2.19. The molecule has 1 N–H and O–H groups in total. The third-order valence-corrected chi connectivity index (χ3v) is 2.71. The number of rotatable bonds is 5. The molecule has 0 aromatic carbocycles. The normalized spacial score (nSPS) is 33.2. The average molecular weight is 201 g/mol. The minimum atomic E-state index is 0.424. The van der Waals surface area contributed by atoms with E-state index in [-0.39, 0.29) is 0 Å². The lowest BCUT2D eigenvalue weighted by Gasteiger charge is -2.32. The zero-order valence-electron chi connectivity index (χ0n) is 9.58. The number of nitrogens with one attached hydrogen (secondary N) is 1. The van der Waals surface area contributed by atoms with Gasteiger partial charge in [0.05, 0.1) is 18.8 Å². The van der Waals surface area contributed by atoms with Crippen LogP contribution in [0.2, 0.25) is 0 Å². The van der Waals surface area contributed by atoms with Crippen molar-refractivity contribution in [1.29, 1.82) is 0 Å². The minimum Gasteiger partial charge on any atom is -0.383 e. The van der Waals surface area contributed by atoms with Crippen LogP contribution in [-0.2, 0) is 9.47 Å². The van der Waals surface area contributed by atoms with E-state index < -0.39 is 0 Å². The smallest absolute Gasteiger partial charge is 0.0587 e. The summed E-state index contributed by atoms with van der Waals surface area (Å²) in [6.07, 6.45) is 3.22. The lowest BCUT2D eigenvalue weighted by molar-refractivity contribution is -0.0516. The van der Waals surface area contributed by atoms with Crippen LogP contribution >= 0.6 is 0 Å². The Kier molecular flexibility index (Phi) is 5.45. The fourth-order valence-corrected chi connectivity index (χ4v) is 2.19. The fraction of sp³-hybridized carbons (Fsp3) is 1.00. The highest BCUT2D eigenvalue weighted by atomic mass is 16.5. The summed E-state index contributed by atoms with van der Waals surface area (Å²) in [6, 6.07) is 0. The largest absolute Gasteiger partial charge is 0.383 e. The van der Waals surface area contributed by atoms with Crippen molar-refractivity contribution in [2.24, 2.45) is 5.92 Å². The van der Waals surface area contributed by atoms with Crippen molar-refractivity contribution in [1.82, 2.24) is 5.32 Å². The number of ether oxygens (including phenoxy) is 2. The molecule has 0 radical (unpaired) electrons. The summed E-state index contributed by atoms with van der Waals surface area (Å²) in [5.74, 6) is 0.769. The predicted octanol–water partition coefficient (Wildman–Crippen LogP) is 1.43. The highest BCUT2D eigenvalue weighted by Gasteiger charge is 2.23. The maximum Gasteiger partial charge on any atom is 0.0587 e. The van der Waals surface area contributed by atoms with Crippen LogP contribution in [0.25, 0.3) is 0 Å². The first-order valence-corrected chi connectivity index (χ1v) is 5.57. The SMILES string of the molecule is COCCNCC1CC(C)OC(C)C1. The summed E-state index contributed by atoms with van der Waals surface area (Å²) in [6.45, 7) is 7.18. The van der Waals surface area contributed by atoms with Crippen molar-refractivity contribution in [3.63, 3.8) is 0 Å². The van der Waals surface area contributed by atoms with Crippen LogP contribution in [0.4, 0.5) is 0 Å². The molecular formula is C11H23NO2. The first-order chi connectivity index (χ1) is 6.72. The molecule has 0 aromatic heterocycles. The first-order valence-electron chi connectivity index (χ1n) is 5.57. The topological polar surface area (TPSA) is 30.5 Å². The van der Waals surface area contributed by atoms with Crippen LogP contribution in [0, 0.1) is 5.92 Å². The van der Waals surface area contributed by atoms with Gasteiger partial charge < -0.3 is 14.8 Å². The molecule has 0 bridgehead atoms. The van der Waals surface area contributed by atoms with Crippen LogP contribution in [0.15, 0.2) is 0 Å². The average Bonchev–Trinajstić information content (AvgIpc) is 2.11. The molecule has 1 heterocycles. The van der Waals surface area contributed by atoms with Crippen LogP contribution in [0.3, 0.4) is 0 Å². The molecule has 2 unspecified atom stereocenters. The Labute approximate surface area is 87.2 Å². The van der Waals surface area contributed by atoms with E-state index in [0.717, 1.165) is 25.6 Å². The van der Waals surface area contributed by atoms with E-state index >= 15 is 0 Å². The maximum atomic E-state index is 5.69. The molecule has 0 aromatic rings. The maximum absolute atomic E-state index is 5.69. The van der Waals surface area contributed by atoms with Crippen LogP contribution in [-0.4, -0.2) is 39.0 Å². The molecule has 1 fully saturated rings. The summed E-state index contributed by atoms with van der Waals surface area (Å²) in [5, 5.41) is 3.42. The zero-order valence-corrected chi connectivity index (χ0v) is 9.58. The van der Waals surface area contributed by atoms with E-state index in [0.29, 0.717) is 12.2 Å². The van der Waals surface area contributed by atoms with Gasteiger partial charge in [0.15, 0.2) is 0 Å². The summed E-state index contributed by atoms with van der Waals surface area (Å²) >= 11 is 0. The van der Waals surface area contributed by atoms with Gasteiger partial charge in [-0.1, -0.05) is 0 Å². The van der Waals surface area contributed by atoms with Crippen molar-refractivity contribution >= 4 is 0 Å². The molecule has 3 nitrogen and oxygen atoms in total. The highest BCUT2D eigenvalue weighted by molar-refractivity contribution is 4.74. The number of hydrogen-bond acceptors (Lipinski definition) is 3. The van der Waals surface area contributed by atoms with Gasteiger partial charge in [-0.05, 0) is 39.2 Å². The Bertz CT molecular complexity index is 142. The second-order valence-corrected chi connectivity index (χ2v) is 4.29. The number of methoxy groups -OCH3 is 1. The monoisotopic (exact) mass is 201 g/mol. The van der Waals surface area contributed by atoms with E-state index in [1.165, 1.54) is 12.8 Å². The second kappa shape index (κ2) is 6.38. The Morgan fingerprint density at radius 2 is 1.93 bits per heavy atom. The Hall–Kier alpha value is -0.120. The molecule has 1 rings (SSSR count). The van der Waals surface area contributed by atoms with Crippen molar-refractivity contribution in [3.05, 3.63) is 0 Å². The van der Waals surface area contributed by atoms with Gasteiger partial charge in [0.2, 0.25) is 0 Å². The molecule has 84 valence electrons. The molecule has 0 saturated carbocycles. The third-order valence-electron chi connectivity index (χ3n) is 2.71. The van der Waals surface area contributed by atoms with Gasteiger partial charge in [-0.2, -0.15) is 0 Å². The van der Waals surface area contributed by atoms with Gasteiger partial charge in [-0.15, -0.1) is 0 Å². The molecule has 0 amide bonds. The Morgan fingerprint density at radius 1 is 1.29 bits per heavy atom. The van der Waals surface area contributed by atoms with E-state index in [9.17, 15) is 0 Å². The molecule has 3 heteroatoms. The van der Waals surface area contributed by atoms with Crippen molar-refractivity contribution in [3.8, 4) is 0 Å². The van der Waals surface area contributed by atoms with Gasteiger partial charge in [-0.3, -0.25) is 0 Å². The van der Waals surface area contributed by atoms with E-state index in [1.807, 2.05) is 0 Å². The molecule has 1 saturated heterocycles. The van der Waals surface area contributed by atoms with Crippen LogP contribution < -0.4 is 5.32 Å². The van der Waals surface area contributed by atoms with E-state index in [1.54, 1.807) is 7.11 Å². The summed E-state index contributed by atoms with van der Waals surface area (Å²) in [7, 11) is 1.74. The minimum absolute atomic E-state index is 0.424. The van der Waals surface area contributed by atoms with Gasteiger partial charge >= 0.3 is 0 Å². The second-order valence-electron chi connectivity index (χ2n) is 4.29. The van der Waals surface area contributed by atoms with Crippen molar-refractivity contribution < 1.29 is 9.47 Å². The lowest BCUT2D eigenvalue weighted by atomic mass is 9.92. The van der Waals surface area contributed by atoms with Crippen molar-refractivity contribution in [2.45, 2.75) is 38.9 Å². The molecule has 1 aliphatic heterocycles. The molecule has 1 aliphatic rings. The quantitative estimate of drug-likeness (QED) is 0.683.